The highest BCUT2D eigenvalue weighted by Gasteiger charge is 2.31. The molecule has 8 nitrogen and oxygen atoms in total. The molecule has 0 bridgehead atoms. The van der Waals surface area contributed by atoms with Crippen LogP contribution in [0.5, 0.6) is 0 Å². The molecule has 2 aromatic heterocycles. The standard InChI is InChI=1S/C20H22N4O4S2/c1-13-4-5-15(30(26,27)28)9-16(13)17-10-18(25)24-12-19(29-20(24)21-17)23-8-7-22-6-2-3-14(22)11-23/h4-5,9-10,12,14H,2-3,6-8,11H2,1H3,(H,26,27,28)/t14-/m1/s1. The predicted molar refractivity (Wildman–Crippen MR) is 116 cm³/mol. The van der Waals surface area contributed by atoms with Crippen LogP contribution in [0.3, 0.4) is 0 Å². The maximum atomic E-state index is 12.8. The molecule has 0 aliphatic carbocycles. The van der Waals surface area contributed by atoms with Crippen LogP contribution in [0.4, 0.5) is 5.00 Å². The number of hydrogen-bond donors (Lipinski definition) is 1. The number of aryl methyl sites for hydroxylation is 1. The topological polar surface area (TPSA) is 95.2 Å². The smallest absolute Gasteiger partial charge is 0.294 e. The first-order chi connectivity index (χ1) is 14.3. The van der Waals surface area contributed by atoms with E-state index in [1.807, 2.05) is 13.1 Å². The first-order valence-electron chi connectivity index (χ1n) is 9.90. The van der Waals surface area contributed by atoms with E-state index in [-0.39, 0.29) is 10.5 Å². The summed E-state index contributed by atoms with van der Waals surface area (Å²) in [6, 6.07) is 6.29. The number of aromatic nitrogens is 2. The zero-order valence-electron chi connectivity index (χ0n) is 16.5. The summed E-state index contributed by atoms with van der Waals surface area (Å²) in [7, 11) is -4.34. The molecule has 2 aliphatic rings. The monoisotopic (exact) mass is 446 g/mol. The van der Waals surface area contributed by atoms with Gasteiger partial charge >= 0.3 is 0 Å². The fourth-order valence-electron chi connectivity index (χ4n) is 4.40. The van der Waals surface area contributed by atoms with Crippen molar-refractivity contribution in [2.45, 2.75) is 30.7 Å². The van der Waals surface area contributed by atoms with E-state index in [9.17, 15) is 17.8 Å². The van der Waals surface area contributed by atoms with E-state index in [0.717, 1.165) is 30.2 Å². The highest BCUT2D eigenvalue weighted by molar-refractivity contribution is 7.85. The second kappa shape index (κ2) is 7.16. The van der Waals surface area contributed by atoms with Gasteiger partial charge in [-0.25, -0.2) is 4.98 Å². The molecule has 0 spiro atoms. The third-order valence-electron chi connectivity index (χ3n) is 6.04. The zero-order chi connectivity index (χ0) is 21.0. The van der Waals surface area contributed by atoms with E-state index in [0.29, 0.717) is 22.3 Å². The van der Waals surface area contributed by atoms with Crippen molar-refractivity contribution in [1.29, 1.82) is 0 Å². The molecule has 4 heterocycles. The minimum absolute atomic E-state index is 0.214. The molecule has 0 amide bonds. The minimum Gasteiger partial charge on any atom is -0.359 e. The highest BCUT2D eigenvalue weighted by Crippen LogP contribution is 2.31. The van der Waals surface area contributed by atoms with Gasteiger partial charge in [0.05, 0.1) is 10.6 Å². The summed E-state index contributed by atoms with van der Waals surface area (Å²) < 4.78 is 34.0. The van der Waals surface area contributed by atoms with Crippen molar-refractivity contribution < 1.29 is 13.0 Å². The Labute approximate surface area is 178 Å². The third-order valence-corrected chi connectivity index (χ3v) is 7.93. The van der Waals surface area contributed by atoms with Gasteiger partial charge in [0.15, 0.2) is 4.96 Å². The lowest BCUT2D eigenvalue weighted by molar-refractivity contribution is 0.231. The Bertz CT molecular complexity index is 1300. The molecule has 0 saturated carbocycles. The summed E-state index contributed by atoms with van der Waals surface area (Å²) in [5.41, 5.74) is 1.47. The van der Waals surface area contributed by atoms with E-state index in [4.69, 9.17) is 0 Å². The van der Waals surface area contributed by atoms with Crippen molar-refractivity contribution in [3.05, 3.63) is 46.4 Å². The summed E-state index contributed by atoms with van der Waals surface area (Å²) in [6.45, 7) is 5.92. The Hall–Kier alpha value is -2.27. The zero-order valence-corrected chi connectivity index (χ0v) is 18.1. The van der Waals surface area contributed by atoms with Crippen molar-refractivity contribution in [3.8, 4) is 11.3 Å². The molecule has 2 saturated heterocycles. The van der Waals surface area contributed by atoms with Crippen LogP contribution >= 0.6 is 11.3 Å². The van der Waals surface area contributed by atoms with Gasteiger partial charge < -0.3 is 4.90 Å². The van der Waals surface area contributed by atoms with E-state index in [2.05, 4.69) is 14.8 Å². The van der Waals surface area contributed by atoms with Crippen LogP contribution in [0, 0.1) is 6.92 Å². The summed E-state index contributed by atoms with van der Waals surface area (Å²) in [6.07, 6.45) is 4.32. The van der Waals surface area contributed by atoms with Crippen LogP contribution in [-0.2, 0) is 10.1 Å². The lowest BCUT2D eigenvalue weighted by atomic mass is 10.1. The molecule has 158 valence electrons. The Morgan fingerprint density at radius 1 is 1.20 bits per heavy atom. The van der Waals surface area contributed by atoms with Crippen LogP contribution < -0.4 is 10.5 Å². The van der Waals surface area contributed by atoms with Crippen molar-refractivity contribution in [2.75, 3.05) is 31.1 Å². The molecular weight excluding hydrogens is 424 g/mol. The fourth-order valence-corrected chi connectivity index (χ4v) is 5.94. The summed E-state index contributed by atoms with van der Waals surface area (Å²) in [4.78, 5) is 22.6. The average molecular weight is 447 g/mol. The highest BCUT2D eigenvalue weighted by atomic mass is 32.2. The molecule has 3 aromatic rings. The number of benzene rings is 1. The van der Waals surface area contributed by atoms with Gasteiger partial charge in [0.25, 0.3) is 15.7 Å². The lowest BCUT2D eigenvalue weighted by Crippen LogP contribution is -2.50. The molecule has 2 aliphatic heterocycles. The second-order valence-corrected chi connectivity index (χ2v) is 10.3. The molecule has 0 radical (unpaired) electrons. The number of hydrogen-bond acceptors (Lipinski definition) is 7. The maximum absolute atomic E-state index is 12.8. The molecule has 10 heteroatoms. The van der Waals surface area contributed by atoms with Crippen LogP contribution in [0.2, 0.25) is 0 Å². The van der Waals surface area contributed by atoms with Gasteiger partial charge in [-0.05, 0) is 44.0 Å². The van der Waals surface area contributed by atoms with Crippen LogP contribution in [0.25, 0.3) is 16.2 Å². The SMILES string of the molecule is Cc1ccc(S(=O)(=O)O)cc1-c1cc(=O)n2cc(N3CCN4CCC[C@@H]4C3)sc2n1. The Morgan fingerprint density at radius 3 is 2.83 bits per heavy atom. The number of thiazole rings is 1. The Balaban J connectivity index is 1.54. The summed E-state index contributed by atoms with van der Waals surface area (Å²) in [5.74, 6) is 0. The minimum atomic E-state index is -4.34. The average Bonchev–Trinajstić information content (AvgIpc) is 3.33. The van der Waals surface area contributed by atoms with Gasteiger partial charge in [-0.15, -0.1) is 0 Å². The van der Waals surface area contributed by atoms with Gasteiger partial charge in [0.1, 0.15) is 5.00 Å². The molecule has 1 atom stereocenters. The van der Waals surface area contributed by atoms with Gasteiger partial charge in [-0.2, -0.15) is 8.42 Å². The molecule has 1 N–H and O–H groups in total. The fraction of sp³-hybridized carbons (Fsp3) is 0.400. The first-order valence-corrected chi connectivity index (χ1v) is 12.2. The van der Waals surface area contributed by atoms with E-state index in [1.165, 1.54) is 48.9 Å². The number of nitrogens with zero attached hydrogens (tertiary/aromatic N) is 4. The Morgan fingerprint density at radius 2 is 2.03 bits per heavy atom. The Kier molecular flexibility index (Phi) is 4.69. The van der Waals surface area contributed by atoms with Gasteiger partial charge in [-0.1, -0.05) is 17.4 Å². The molecule has 1 aromatic carbocycles. The molecule has 5 rings (SSSR count). The van der Waals surface area contributed by atoms with Crippen LogP contribution in [-0.4, -0.2) is 59.5 Å². The van der Waals surface area contributed by atoms with Crippen molar-refractivity contribution in [2.24, 2.45) is 0 Å². The van der Waals surface area contributed by atoms with Gasteiger partial charge in [0, 0.05) is 43.5 Å². The van der Waals surface area contributed by atoms with Crippen LogP contribution in [0.1, 0.15) is 18.4 Å². The summed E-state index contributed by atoms with van der Waals surface area (Å²) in [5, 5.41) is 1.02. The first kappa shape index (κ1) is 19.7. The quantitative estimate of drug-likeness (QED) is 0.617. The predicted octanol–water partition coefficient (Wildman–Crippen LogP) is 2.26. The largest absolute Gasteiger partial charge is 0.359 e. The molecule has 0 unspecified atom stereocenters. The molecule has 30 heavy (non-hydrogen) atoms. The van der Waals surface area contributed by atoms with E-state index < -0.39 is 10.1 Å². The third kappa shape index (κ3) is 3.43. The second-order valence-electron chi connectivity index (χ2n) is 7.93. The van der Waals surface area contributed by atoms with Crippen molar-refractivity contribution >= 4 is 31.4 Å². The lowest BCUT2D eigenvalue weighted by Gasteiger charge is -2.37. The summed E-state index contributed by atoms with van der Waals surface area (Å²) >= 11 is 1.47. The number of rotatable bonds is 3. The van der Waals surface area contributed by atoms with Gasteiger partial charge in [0.2, 0.25) is 0 Å². The maximum Gasteiger partial charge on any atom is 0.294 e. The van der Waals surface area contributed by atoms with E-state index in [1.54, 1.807) is 10.5 Å². The number of piperazine rings is 1. The van der Waals surface area contributed by atoms with Crippen molar-refractivity contribution in [1.82, 2.24) is 14.3 Å². The number of anilines is 1. The van der Waals surface area contributed by atoms with Crippen LogP contribution in [0.15, 0.2) is 40.2 Å². The normalized spacial score (nSPS) is 20.1. The van der Waals surface area contributed by atoms with Crippen molar-refractivity contribution in [3.63, 3.8) is 0 Å². The molecular formula is C20H22N4O4S2. The molecule has 2 fully saturated rings. The van der Waals surface area contributed by atoms with E-state index >= 15 is 0 Å². The number of fused-ring (bicyclic) bond motifs is 2. The van der Waals surface area contributed by atoms with Gasteiger partial charge in [-0.3, -0.25) is 18.6 Å².